The van der Waals surface area contributed by atoms with Crippen LogP contribution < -0.4 is 0 Å². The van der Waals surface area contributed by atoms with Crippen molar-refractivity contribution in [3.05, 3.63) is 109 Å². The predicted octanol–water partition coefficient (Wildman–Crippen LogP) is 5.48. The molecule has 4 aromatic rings. The summed E-state index contributed by atoms with van der Waals surface area (Å²) in [6, 6.07) is 43.3. The van der Waals surface area contributed by atoms with Gasteiger partial charge in [-0.2, -0.15) is 29.8 Å². The molecule has 0 saturated heterocycles. The van der Waals surface area contributed by atoms with E-state index in [1.807, 2.05) is 72.8 Å². The molecule has 0 nitrogen and oxygen atoms in total. The fraction of sp³-hybridized carbons (Fsp3) is 0. The molecule has 4 aromatic carbocycles. The third kappa shape index (κ3) is 6.33. The van der Waals surface area contributed by atoms with Gasteiger partial charge in [0.1, 0.15) is 0 Å². The monoisotopic (exact) mass is 567 g/mol. The van der Waals surface area contributed by atoms with Crippen LogP contribution >= 0.6 is 0 Å². The van der Waals surface area contributed by atoms with Gasteiger partial charge < -0.3 is 17.7 Å². The Balaban J connectivity index is 0.00000121. The molecule has 0 aromatic heterocycles. The Kier molecular flexibility index (Phi) is 11.9. The maximum Gasteiger partial charge on any atom is 0 e. The Labute approximate surface area is 237 Å². The van der Waals surface area contributed by atoms with Gasteiger partial charge in [-0.15, -0.1) is 36.4 Å². The Morgan fingerprint density at radius 3 is 1.70 bits per heavy atom. The molecule has 0 amide bonds. The summed E-state index contributed by atoms with van der Waals surface area (Å²) < 4.78 is 0. The fourth-order valence-corrected chi connectivity index (χ4v) is 2.63. The van der Waals surface area contributed by atoms with Gasteiger partial charge in [-0.25, -0.2) is 35.4 Å². The van der Waals surface area contributed by atoms with Crippen molar-refractivity contribution in [1.29, 1.82) is 0 Å². The fourth-order valence-electron chi connectivity index (χ4n) is 2.63. The normalized spacial score (nSPS) is 9.33. The summed E-state index contributed by atoms with van der Waals surface area (Å²) >= 11 is 0. The first kappa shape index (κ1) is 25.2. The Hall–Kier alpha value is 0.192. The van der Waals surface area contributed by atoms with Crippen LogP contribution in [0.1, 0.15) is 0 Å². The molecular formula is C24H12Y3-6. The predicted molar refractivity (Wildman–Crippen MR) is 95.8 cm³/mol. The SMILES string of the molecule is [Y].[Y].[Y].[c-]1ccc(-c2[c-]cccc2)[c-]c1-c1[c-]cc[c-]c1-c1[c-]cccc1. The molecule has 0 aliphatic rings. The van der Waals surface area contributed by atoms with Gasteiger partial charge in [0, 0.05) is 98.1 Å². The van der Waals surface area contributed by atoms with E-state index >= 15 is 0 Å². The third-order valence-electron chi connectivity index (χ3n) is 3.75. The van der Waals surface area contributed by atoms with Crippen LogP contribution in [0.4, 0.5) is 0 Å². The van der Waals surface area contributed by atoms with E-state index < -0.39 is 0 Å². The average Bonchev–Trinajstić information content (AvgIpc) is 2.69. The van der Waals surface area contributed by atoms with Crippen LogP contribution in [0.15, 0.2) is 72.8 Å². The first-order chi connectivity index (χ1) is 11.9. The van der Waals surface area contributed by atoms with E-state index in [2.05, 4.69) is 36.4 Å². The largest absolute Gasteiger partial charge is 0.368 e. The summed E-state index contributed by atoms with van der Waals surface area (Å²) in [5.74, 6) is 0. The molecule has 0 atom stereocenters. The van der Waals surface area contributed by atoms with Crippen molar-refractivity contribution in [2.75, 3.05) is 0 Å². The number of rotatable bonds is 3. The topological polar surface area (TPSA) is 0 Å². The van der Waals surface area contributed by atoms with Crippen LogP contribution in [-0.4, -0.2) is 0 Å². The van der Waals surface area contributed by atoms with Crippen LogP contribution in [0.25, 0.3) is 33.4 Å². The quantitative estimate of drug-likeness (QED) is 0.288. The Morgan fingerprint density at radius 1 is 0.444 bits per heavy atom. The minimum atomic E-state index is 0. The summed E-state index contributed by atoms with van der Waals surface area (Å²) in [4.78, 5) is 0. The molecule has 27 heavy (non-hydrogen) atoms. The molecule has 0 fully saturated rings. The molecule has 123 valence electrons. The molecule has 3 radical (unpaired) electrons. The van der Waals surface area contributed by atoms with Crippen LogP contribution in [0.2, 0.25) is 0 Å². The number of benzene rings is 4. The van der Waals surface area contributed by atoms with Crippen LogP contribution in [0.5, 0.6) is 0 Å². The van der Waals surface area contributed by atoms with Crippen LogP contribution in [0.3, 0.4) is 0 Å². The minimum absolute atomic E-state index is 0. The molecular weight excluding hydrogens is 555 g/mol. The molecule has 4 rings (SSSR count). The summed E-state index contributed by atoms with van der Waals surface area (Å²) in [5.41, 5.74) is 5.75. The number of hydrogen-bond acceptors (Lipinski definition) is 0. The number of hydrogen-bond donors (Lipinski definition) is 0. The first-order valence-corrected chi connectivity index (χ1v) is 7.73. The van der Waals surface area contributed by atoms with E-state index in [9.17, 15) is 0 Å². The molecule has 0 heterocycles. The smallest absolute Gasteiger partial charge is 0 e. The molecule has 0 aliphatic heterocycles. The van der Waals surface area contributed by atoms with Gasteiger partial charge >= 0.3 is 0 Å². The molecule has 3 heteroatoms. The maximum absolute atomic E-state index is 3.44. The van der Waals surface area contributed by atoms with Crippen LogP contribution in [0, 0.1) is 36.4 Å². The van der Waals surface area contributed by atoms with Crippen molar-refractivity contribution < 1.29 is 98.1 Å². The summed E-state index contributed by atoms with van der Waals surface area (Å²) in [5, 5.41) is 0. The zero-order valence-electron chi connectivity index (χ0n) is 14.7. The van der Waals surface area contributed by atoms with Crippen LogP contribution in [-0.2, 0) is 98.1 Å². The molecule has 0 saturated carbocycles. The third-order valence-corrected chi connectivity index (χ3v) is 3.75. The Morgan fingerprint density at radius 2 is 1.07 bits per heavy atom. The van der Waals surface area contributed by atoms with Crippen molar-refractivity contribution in [2.24, 2.45) is 0 Å². The van der Waals surface area contributed by atoms with Crippen molar-refractivity contribution in [3.63, 3.8) is 0 Å². The van der Waals surface area contributed by atoms with Crippen molar-refractivity contribution in [1.82, 2.24) is 0 Å². The standard InChI is InChI=1S/C24H12.3Y/c1-3-10-19(11-4-1)21-14-9-15-22(18-21)24-17-8-7-16-23(24)20-12-5-2-6-13-20;;;/h1-10,12,14H;;;/q-6;;;. The molecule has 0 N–H and O–H groups in total. The first-order valence-electron chi connectivity index (χ1n) is 7.73. The van der Waals surface area contributed by atoms with Crippen molar-refractivity contribution in [2.45, 2.75) is 0 Å². The van der Waals surface area contributed by atoms with Crippen molar-refractivity contribution >= 4 is 0 Å². The van der Waals surface area contributed by atoms with Gasteiger partial charge in [-0.3, -0.25) is 23.3 Å². The van der Waals surface area contributed by atoms with E-state index in [-0.39, 0.29) is 98.1 Å². The minimum Gasteiger partial charge on any atom is -0.368 e. The maximum atomic E-state index is 3.44. The Bertz CT molecular complexity index is 951. The van der Waals surface area contributed by atoms with Crippen molar-refractivity contribution in [3.8, 4) is 33.4 Å². The molecule has 0 aliphatic carbocycles. The summed E-state index contributed by atoms with van der Waals surface area (Å²) in [6.45, 7) is 0. The van der Waals surface area contributed by atoms with Gasteiger partial charge in [-0.1, -0.05) is 0 Å². The van der Waals surface area contributed by atoms with E-state index in [1.165, 1.54) is 0 Å². The summed E-state index contributed by atoms with van der Waals surface area (Å²) in [6.07, 6.45) is 0. The molecule has 0 bridgehead atoms. The summed E-state index contributed by atoms with van der Waals surface area (Å²) in [7, 11) is 0. The van der Waals surface area contributed by atoms with Gasteiger partial charge in [0.2, 0.25) is 0 Å². The second-order valence-corrected chi connectivity index (χ2v) is 5.32. The van der Waals surface area contributed by atoms with Gasteiger partial charge in [-0.05, 0) is 0 Å². The van der Waals surface area contributed by atoms with E-state index in [1.54, 1.807) is 0 Å². The zero-order chi connectivity index (χ0) is 16.2. The second kappa shape index (κ2) is 12.7. The molecule has 0 unspecified atom stereocenters. The molecule has 0 spiro atoms. The van der Waals surface area contributed by atoms with E-state index in [0.29, 0.717) is 0 Å². The van der Waals surface area contributed by atoms with E-state index in [4.69, 9.17) is 0 Å². The van der Waals surface area contributed by atoms with Gasteiger partial charge in [0.05, 0.1) is 0 Å². The van der Waals surface area contributed by atoms with Gasteiger partial charge in [0.15, 0.2) is 0 Å². The second-order valence-electron chi connectivity index (χ2n) is 5.32. The zero-order valence-corrected chi connectivity index (χ0v) is 23.2. The van der Waals surface area contributed by atoms with Gasteiger partial charge in [0.25, 0.3) is 0 Å². The van der Waals surface area contributed by atoms with E-state index in [0.717, 1.165) is 33.4 Å². The average molecular weight is 567 g/mol.